The van der Waals surface area contributed by atoms with Gasteiger partial charge in [-0.2, -0.15) is 5.10 Å². The van der Waals surface area contributed by atoms with Crippen LogP contribution in [0.4, 0.5) is 4.39 Å². The van der Waals surface area contributed by atoms with Crippen LogP contribution in [0.3, 0.4) is 0 Å². The van der Waals surface area contributed by atoms with Gasteiger partial charge in [0, 0.05) is 12.1 Å². The standard InChI is InChI=1S/C12H14FN3O/c1-7-10(6-14)15-16-12(7)9-5-8(13)3-4-11(9)17-2/h3-5H,6,14H2,1-2H3,(H,15,16). The largest absolute Gasteiger partial charge is 0.496 e. The predicted octanol–water partition coefficient (Wildman–Crippen LogP) is 1.99. The summed E-state index contributed by atoms with van der Waals surface area (Å²) < 4.78 is 18.5. The van der Waals surface area contributed by atoms with Gasteiger partial charge >= 0.3 is 0 Å². The van der Waals surface area contributed by atoms with E-state index in [-0.39, 0.29) is 5.82 Å². The lowest BCUT2D eigenvalue weighted by Gasteiger charge is -2.07. The number of hydrogen-bond donors (Lipinski definition) is 2. The normalized spacial score (nSPS) is 10.6. The summed E-state index contributed by atoms with van der Waals surface area (Å²) in [5.74, 6) is 0.266. The zero-order chi connectivity index (χ0) is 12.4. The van der Waals surface area contributed by atoms with Crippen LogP contribution in [-0.2, 0) is 6.54 Å². The van der Waals surface area contributed by atoms with E-state index < -0.39 is 0 Å². The summed E-state index contributed by atoms with van der Waals surface area (Å²) in [7, 11) is 1.54. The Balaban J connectivity index is 2.58. The number of nitrogens with zero attached hydrogens (tertiary/aromatic N) is 1. The Morgan fingerprint density at radius 1 is 1.47 bits per heavy atom. The smallest absolute Gasteiger partial charge is 0.128 e. The molecule has 3 N–H and O–H groups in total. The van der Waals surface area contributed by atoms with Crippen LogP contribution in [0.25, 0.3) is 11.3 Å². The number of nitrogens with one attached hydrogen (secondary N) is 1. The van der Waals surface area contributed by atoms with Crippen LogP contribution in [0.15, 0.2) is 18.2 Å². The molecule has 90 valence electrons. The molecule has 0 aliphatic heterocycles. The van der Waals surface area contributed by atoms with E-state index in [0.717, 1.165) is 11.3 Å². The van der Waals surface area contributed by atoms with E-state index in [1.54, 1.807) is 13.2 Å². The van der Waals surface area contributed by atoms with E-state index in [4.69, 9.17) is 10.5 Å². The van der Waals surface area contributed by atoms with Crippen molar-refractivity contribution in [3.8, 4) is 17.0 Å². The van der Waals surface area contributed by atoms with Gasteiger partial charge < -0.3 is 10.5 Å². The van der Waals surface area contributed by atoms with Gasteiger partial charge in [0.05, 0.1) is 18.5 Å². The molecular formula is C12H14FN3O. The van der Waals surface area contributed by atoms with Crippen molar-refractivity contribution in [1.82, 2.24) is 10.2 Å². The van der Waals surface area contributed by atoms with E-state index in [0.29, 0.717) is 23.6 Å². The lowest BCUT2D eigenvalue weighted by molar-refractivity contribution is 0.415. The van der Waals surface area contributed by atoms with Crippen molar-refractivity contribution in [2.24, 2.45) is 5.73 Å². The molecule has 2 aromatic rings. The predicted molar refractivity (Wildman–Crippen MR) is 63.2 cm³/mol. The first-order valence-electron chi connectivity index (χ1n) is 5.25. The quantitative estimate of drug-likeness (QED) is 0.855. The number of aromatic nitrogens is 2. The Kier molecular flexibility index (Phi) is 3.10. The summed E-state index contributed by atoms with van der Waals surface area (Å²) in [6.07, 6.45) is 0. The van der Waals surface area contributed by atoms with Crippen LogP contribution >= 0.6 is 0 Å². The number of halogens is 1. The minimum Gasteiger partial charge on any atom is -0.496 e. The van der Waals surface area contributed by atoms with Gasteiger partial charge in [-0.3, -0.25) is 5.10 Å². The van der Waals surface area contributed by atoms with Gasteiger partial charge in [0.15, 0.2) is 0 Å². The molecule has 0 bridgehead atoms. The van der Waals surface area contributed by atoms with Crippen molar-refractivity contribution >= 4 is 0 Å². The molecule has 5 heteroatoms. The fourth-order valence-corrected chi connectivity index (χ4v) is 1.76. The van der Waals surface area contributed by atoms with Crippen molar-refractivity contribution in [1.29, 1.82) is 0 Å². The monoisotopic (exact) mass is 235 g/mol. The van der Waals surface area contributed by atoms with Gasteiger partial charge in [0.1, 0.15) is 11.6 Å². The summed E-state index contributed by atoms with van der Waals surface area (Å²) >= 11 is 0. The SMILES string of the molecule is COc1ccc(F)cc1-c1n[nH]c(CN)c1C. The van der Waals surface area contributed by atoms with Gasteiger partial charge in [-0.15, -0.1) is 0 Å². The number of nitrogens with two attached hydrogens (primary N) is 1. The average molecular weight is 235 g/mol. The van der Waals surface area contributed by atoms with Gasteiger partial charge in [-0.05, 0) is 30.7 Å². The van der Waals surface area contributed by atoms with Crippen molar-refractivity contribution in [3.05, 3.63) is 35.3 Å². The van der Waals surface area contributed by atoms with Crippen LogP contribution in [-0.4, -0.2) is 17.3 Å². The van der Waals surface area contributed by atoms with Crippen molar-refractivity contribution in [2.75, 3.05) is 7.11 Å². The number of benzene rings is 1. The number of H-pyrrole nitrogens is 1. The molecule has 0 spiro atoms. The summed E-state index contributed by atoms with van der Waals surface area (Å²) in [6, 6.07) is 4.34. The second-order valence-electron chi connectivity index (χ2n) is 3.72. The number of methoxy groups -OCH3 is 1. The number of rotatable bonds is 3. The lowest BCUT2D eigenvalue weighted by atomic mass is 10.1. The highest BCUT2D eigenvalue weighted by Crippen LogP contribution is 2.32. The Hall–Kier alpha value is -1.88. The molecule has 17 heavy (non-hydrogen) atoms. The summed E-state index contributed by atoms with van der Waals surface area (Å²) in [4.78, 5) is 0. The van der Waals surface area contributed by atoms with E-state index in [1.807, 2.05) is 6.92 Å². The molecule has 0 radical (unpaired) electrons. The molecule has 0 atom stereocenters. The molecule has 0 aliphatic carbocycles. The maximum atomic E-state index is 13.3. The Morgan fingerprint density at radius 2 is 2.24 bits per heavy atom. The summed E-state index contributed by atoms with van der Waals surface area (Å²) in [6.45, 7) is 2.27. The van der Waals surface area contributed by atoms with E-state index >= 15 is 0 Å². The van der Waals surface area contributed by atoms with Crippen molar-refractivity contribution in [2.45, 2.75) is 13.5 Å². The van der Waals surface area contributed by atoms with E-state index in [9.17, 15) is 4.39 Å². The molecule has 0 unspecified atom stereocenters. The first kappa shape index (κ1) is 11.6. The highest BCUT2D eigenvalue weighted by atomic mass is 19.1. The molecule has 1 aromatic carbocycles. The fourth-order valence-electron chi connectivity index (χ4n) is 1.76. The number of ether oxygens (including phenoxy) is 1. The zero-order valence-corrected chi connectivity index (χ0v) is 9.75. The first-order valence-corrected chi connectivity index (χ1v) is 5.25. The second kappa shape index (κ2) is 4.55. The maximum absolute atomic E-state index is 13.3. The highest BCUT2D eigenvalue weighted by Gasteiger charge is 2.14. The summed E-state index contributed by atoms with van der Waals surface area (Å²) in [5, 5.41) is 6.99. The Morgan fingerprint density at radius 3 is 2.82 bits per heavy atom. The van der Waals surface area contributed by atoms with Crippen LogP contribution in [0.1, 0.15) is 11.3 Å². The minimum absolute atomic E-state index is 0.322. The molecule has 0 fully saturated rings. The van der Waals surface area contributed by atoms with Crippen molar-refractivity contribution < 1.29 is 9.13 Å². The highest BCUT2D eigenvalue weighted by molar-refractivity contribution is 5.70. The second-order valence-corrected chi connectivity index (χ2v) is 3.72. The molecule has 1 aromatic heterocycles. The molecule has 4 nitrogen and oxygen atoms in total. The minimum atomic E-state index is -0.322. The molecular weight excluding hydrogens is 221 g/mol. The van der Waals surface area contributed by atoms with Crippen LogP contribution in [0.5, 0.6) is 5.75 Å². The zero-order valence-electron chi connectivity index (χ0n) is 9.75. The van der Waals surface area contributed by atoms with Crippen LogP contribution < -0.4 is 10.5 Å². The lowest BCUT2D eigenvalue weighted by Crippen LogP contribution is -1.98. The molecule has 2 rings (SSSR count). The van der Waals surface area contributed by atoms with Gasteiger partial charge in [-0.1, -0.05) is 0 Å². The van der Waals surface area contributed by atoms with Gasteiger partial charge in [0.2, 0.25) is 0 Å². The third kappa shape index (κ3) is 2.01. The first-order chi connectivity index (χ1) is 8.17. The third-order valence-corrected chi connectivity index (χ3v) is 2.73. The fraction of sp³-hybridized carbons (Fsp3) is 0.250. The topological polar surface area (TPSA) is 63.9 Å². The van der Waals surface area contributed by atoms with Gasteiger partial charge in [-0.25, -0.2) is 4.39 Å². The third-order valence-electron chi connectivity index (χ3n) is 2.73. The molecule has 0 aliphatic rings. The van der Waals surface area contributed by atoms with E-state index in [1.165, 1.54) is 12.1 Å². The van der Waals surface area contributed by atoms with Gasteiger partial charge in [0.25, 0.3) is 0 Å². The van der Waals surface area contributed by atoms with Crippen LogP contribution in [0, 0.1) is 12.7 Å². The maximum Gasteiger partial charge on any atom is 0.128 e. The Bertz CT molecular complexity index is 537. The average Bonchev–Trinajstić information content (AvgIpc) is 2.70. The molecule has 0 saturated carbocycles. The molecule has 0 amide bonds. The van der Waals surface area contributed by atoms with E-state index in [2.05, 4.69) is 10.2 Å². The van der Waals surface area contributed by atoms with Crippen molar-refractivity contribution in [3.63, 3.8) is 0 Å². The summed E-state index contributed by atoms with van der Waals surface area (Å²) in [5.41, 5.74) is 8.61. The number of aromatic amines is 1. The Labute approximate surface area is 98.6 Å². The molecule has 0 saturated heterocycles. The van der Waals surface area contributed by atoms with Crippen LogP contribution in [0.2, 0.25) is 0 Å². The number of hydrogen-bond acceptors (Lipinski definition) is 3. The molecule has 1 heterocycles.